The maximum absolute atomic E-state index is 9.38. The molecule has 0 rings (SSSR count). The van der Waals surface area contributed by atoms with Gasteiger partial charge in [0, 0.05) is 6.61 Å². The largest absolute Gasteiger partial charge is 0.396 e. The summed E-state index contributed by atoms with van der Waals surface area (Å²) in [5, 5.41) is 17.8. The Morgan fingerprint density at radius 2 is 1.85 bits per heavy atom. The Labute approximate surface area is 79.9 Å². The molecule has 0 spiro atoms. The van der Waals surface area contributed by atoms with Crippen LogP contribution in [0.5, 0.6) is 0 Å². The zero-order valence-electron chi connectivity index (χ0n) is 7.89. The molecule has 13 heavy (non-hydrogen) atoms. The third-order valence-electron chi connectivity index (χ3n) is 1.55. The maximum Gasteiger partial charge on any atom is 0.0609 e. The minimum Gasteiger partial charge on any atom is -0.396 e. The molecule has 2 N–H and O–H groups in total. The summed E-state index contributed by atoms with van der Waals surface area (Å²) in [4.78, 5) is 0. The van der Waals surface area contributed by atoms with Crippen LogP contribution in [0.3, 0.4) is 0 Å². The molecular weight excluding hydrogens is 164 g/mol. The quantitative estimate of drug-likeness (QED) is 0.465. The van der Waals surface area contributed by atoms with Gasteiger partial charge in [-0.2, -0.15) is 0 Å². The molecule has 0 radical (unpaired) electrons. The molecule has 0 saturated heterocycles. The van der Waals surface area contributed by atoms with E-state index in [-0.39, 0.29) is 12.7 Å². The van der Waals surface area contributed by atoms with E-state index < -0.39 is 0 Å². The topological polar surface area (TPSA) is 40.5 Å². The summed E-state index contributed by atoms with van der Waals surface area (Å²) in [5.74, 6) is 0. The lowest BCUT2D eigenvalue weighted by Gasteiger charge is -2.02. The van der Waals surface area contributed by atoms with Crippen LogP contribution < -0.4 is 0 Å². The van der Waals surface area contributed by atoms with E-state index in [1.165, 1.54) is 0 Å². The van der Waals surface area contributed by atoms with Crippen LogP contribution >= 0.6 is 0 Å². The van der Waals surface area contributed by atoms with Crippen LogP contribution in [0.1, 0.15) is 19.3 Å². The van der Waals surface area contributed by atoms with Crippen molar-refractivity contribution in [3.8, 4) is 0 Å². The van der Waals surface area contributed by atoms with Gasteiger partial charge in [-0.15, -0.1) is 0 Å². The summed E-state index contributed by atoms with van der Waals surface area (Å²) in [6.45, 7) is 3.70. The molecule has 0 heterocycles. The van der Waals surface area contributed by atoms with Gasteiger partial charge in [0.05, 0.1) is 6.10 Å². The molecule has 0 saturated carbocycles. The molecule has 0 fully saturated rings. The van der Waals surface area contributed by atoms with E-state index in [4.69, 9.17) is 5.11 Å². The highest BCUT2D eigenvalue weighted by molar-refractivity contribution is 4.98. The van der Waals surface area contributed by atoms with Gasteiger partial charge in [-0.25, -0.2) is 0 Å². The van der Waals surface area contributed by atoms with Crippen LogP contribution in [0, 0.1) is 0 Å². The first kappa shape index (κ1) is 12.1. The predicted octanol–water partition coefficient (Wildman–Crippen LogP) is 1.81. The van der Waals surface area contributed by atoms with Crippen molar-refractivity contribution >= 4 is 0 Å². The van der Waals surface area contributed by atoms with Crippen molar-refractivity contribution in [2.45, 2.75) is 25.4 Å². The van der Waals surface area contributed by atoms with E-state index in [2.05, 4.69) is 6.58 Å². The Balaban J connectivity index is 3.44. The molecule has 0 aliphatic heterocycles. The Hall–Kier alpha value is -0.860. The molecular formula is C11H18O2. The Morgan fingerprint density at radius 3 is 2.46 bits per heavy atom. The molecule has 0 amide bonds. The van der Waals surface area contributed by atoms with Crippen LogP contribution in [0.15, 0.2) is 37.0 Å². The molecule has 74 valence electrons. The van der Waals surface area contributed by atoms with Crippen molar-refractivity contribution in [3.05, 3.63) is 37.0 Å². The van der Waals surface area contributed by atoms with Gasteiger partial charge in [0.15, 0.2) is 0 Å². The predicted molar refractivity (Wildman–Crippen MR) is 55.4 cm³/mol. The maximum atomic E-state index is 9.38. The lowest BCUT2D eigenvalue weighted by Crippen LogP contribution is -2.02. The summed E-state index contributed by atoms with van der Waals surface area (Å²) >= 11 is 0. The van der Waals surface area contributed by atoms with Crippen molar-refractivity contribution in [3.63, 3.8) is 0 Å². The second-order valence-electron chi connectivity index (χ2n) is 2.77. The van der Waals surface area contributed by atoms with Gasteiger partial charge >= 0.3 is 0 Å². The molecule has 0 bridgehead atoms. The molecule has 0 unspecified atom stereocenters. The third-order valence-corrected chi connectivity index (χ3v) is 1.55. The van der Waals surface area contributed by atoms with E-state index in [0.29, 0.717) is 19.3 Å². The average molecular weight is 182 g/mol. The summed E-state index contributed by atoms with van der Waals surface area (Å²) < 4.78 is 0. The highest BCUT2D eigenvalue weighted by atomic mass is 16.3. The lowest BCUT2D eigenvalue weighted by atomic mass is 10.1. The minimum atomic E-state index is -0.328. The fourth-order valence-electron chi connectivity index (χ4n) is 0.874. The lowest BCUT2D eigenvalue weighted by molar-refractivity contribution is 0.181. The number of hydrogen-bond acceptors (Lipinski definition) is 2. The zero-order valence-corrected chi connectivity index (χ0v) is 7.89. The summed E-state index contributed by atoms with van der Waals surface area (Å²) in [6.07, 6.45) is 10.8. The van der Waals surface area contributed by atoms with Gasteiger partial charge < -0.3 is 10.2 Å². The highest BCUT2D eigenvalue weighted by Gasteiger charge is 1.96. The second-order valence-corrected chi connectivity index (χ2v) is 2.77. The zero-order chi connectivity index (χ0) is 9.94. The number of rotatable bonds is 7. The second kappa shape index (κ2) is 9.23. The summed E-state index contributed by atoms with van der Waals surface area (Å²) in [6, 6.07) is 0. The van der Waals surface area contributed by atoms with E-state index in [0.717, 1.165) is 0 Å². The standard InChI is InChI=1S/C11H18O2/c1-2-3-5-8-11(13)9-6-4-7-10-12/h2-6,11-13H,1,7-10H2/b5-3+,6-4+/t11-/m1/s1. The number of aliphatic hydroxyl groups is 2. The molecule has 0 aromatic heterocycles. The minimum absolute atomic E-state index is 0.170. The van der Waals surface area contributed by atoms with Crippen molar-refractivity contribution in [2.75, 3.05) is 6.61 Å². The molecule has 2 heteroatoms. The van der Waals surface area contributed by atoms with Gasteiger partial charge in [-0.3, -0.25) is 0 Å². The molecule has 0 aromatic rings. The Morgan fingerprint density at radius 1 is 1.15 bits per heavy atom. The van der Waals surface area contributed by atoms with Crippen molar-refractivity contribution in [1.82, 2.24) is 0 Å². The van der Waals surface area contributed by atoms with Gasteiger partial charge in [-0.1, -0.05) is 37.0 Å². The first-order chi connectivity index (χ1) is 6.31. The number of hydrogen-bond donors (Lipinski definition) is 2. The van der Waals surface area contributed by atoms with Crippen molar-refractivity contribution < 1.29 is 10.2 Å². The van der Waals surface area contributed by atoms with Gasteiger partial charge in [0.25, 0.3) is 0 Å². The first-order valence-electron chi connectivity index (χ1n) is 4.52. The monoisotopic (exact) mass is 182 g/mol. The molecule has 2 nitrogen and oxygen atoms in total. The Bertz CT molecular complexity index is 171. The van der Waals surface area contributed by atoms with Crippen LogP contribution in [0.2, 0.25) is 0 Å². The first-order valence-corrected chi connectivity index (χ1v) is 4.52. The van der Waals surface area contributed by atoms with Gasteiger partial charge in [0.1, 0.15) is 0 Å². The van der Waals surface area contributed by atoms with Crippen LogP contribution in [0.25, 0.3) is 0 Å². The van der Waals surface area contributed by atoms with Crippen LogP contribution in [-0.4, -0.2) is 22.9 Å². The smallest absolute Gasteiger partial charge is 0.0609 e. The van der Waals surface area contributed by atoms with E-state index in [1.54, 1.807) is 6.08 Å². The van der Waals surface area contributed by atoms with Crippen molar-refractivity contribution in [1.29, 1.82) is 0 Å². The normalized spacial score (nSPS) is 14.0. The third kappa shape index (κ3) is 9.05. The SMILES string of the molecule is C=C/C=C/C[C@@H](O)C/C=C/CCO. The fourth-order valence-corrected chi connectivity index (χ4v) is 0.874. The summed E-state index contributed by atoms with van der Waals surface area (Å²) in [7, 11) is 0. The molecule has 0 aromatic carbocycles. The Kier molecular flexibility index (Phi) is 8.62. The highest BCUT2D eigenvalue weighted by Crippen LogP contribution is 2.00. The average Bonchev–Trinajstić information content (AvgIpc) is 2.13. The fraction of sp³-hybridized carbons (Fsp3) is 0.455. The molecule has 1 atom stereocenters. The number of allylic oxidation sites excluding steroid dienone is 2. The number of aliphatic hydroxyl groups excluding tert-OH is 2. The van der Waals surface area contributed by atoms with Crippen LogP contribution in [-0.2, 0) is 0 Å². The van der Waals surface area contributed by atoms with Crippen molar-refractivity contribution in [2.24, 2.45) is 0 Å². The van der Waals surface area contributed by atoms with Gasteiger partial charge in [-0.05, 0) is 19.3 Å². The molecule has 0 aliphatic carbocycles. The van der Waals surface area contributed by atoms with E-state index >= 15 is 0 Å². The van der Waals surface area contributed by atoms with E-state index in [9.17, 15) is 5.11 Å². The van der Waals surface area contributed by atoms with E-state index in [1.807, 2.05) is 24.3 Å². The van der Waals surface area contributed by atoms with Gasteiger partial charge in [0.2, 0.25) is 0 Å². The van der Waals surface area contributed by atoms with Crippen LogP contribution in [0.4, 0.5) is 0 Å². The summed E-state index contributed by atoms with van der Waals surface area (Å²) in [5.41, 5.74) is 0. The molecule has 0 aliphatic rings.